The molecular weight excluding hydrogens is 188 g/mol. The Labute approximate surface area is 92.0 Å². The summed E-state index contributed by atoms with van der Waals surface area (Å²) in [4.78, 5) is 7.25. The van der Waals surface area contributed by atoms with Gasteiger partial charge in [-0.15, -0.1) is 0 Å². The van der Waals surface area contributed by atoms with Gasteiger partial charge < -0.3 is 9.74 Å². The SMILES string of the molecule is CCONC(C)c1ccc(N(C)C)cc1. The first kappa shape index (κ1) is 12.0. The van der Waals surface area contributed by atoms with Gasteiger partial charge >= 0.3 is 0 Å². The average Bonchev–Trinajstić information content (AvgIpc) is 2.26. The number of rotatable bonds is 5. The van der Waals surface area contributed by atoms with E-state index >= 15 is 0 Å². The molecule has 0 aliphatic carbocycles. The van der Waals surface area contributed by atoms with E-state index in [1.165, 1.54) is 11.3 Å². The van der Waals surface area contributed by atoms with Crippen LogP contribution in [-0.4, -0.2) is 20.7 Å². The molecular formula is C12H20N2O. The van der Waals surface area contributed by atoms with Crippen LogP contribution in [0.3, 0.4) is 0 Å². The van der Waals surface area contributed by atoms with Crippen LogP contribution in [0.4, 0.5) is 5.69 Å². The highest BCUT2D eigenvalue weighted by atomic mass is 16.6. The van der Waals surface area contributed by atoms with E-state index in [2.05, 4.69) is 41.6 Å². The average molecular weight is 208 g/mol. The number of nitrogens with zero attached hydrogens (tertiary/aromatic N) is 1. The largest absolute Gasteiger partial charge is 0.378 e. The van der Waals surface area contributed by atoms with Gasteiger partial charge in [-0.3, -0.25) is 0 Å². The molecule has 1 unspecified atom stereocenters. The maximum absolute atomic E-state index is 5.17. The summed E-state index contributed by atoms with van der Waals surface area (Å²) in [5.74, 6) is 0. The lowest BCUT2D eigenvalue weighted by Crippen LogP contribution is -2.19. The summed E-state index contributed by atoms with van der Waals surface area (Å²) in [5, 5.41) is 0. The van der Waals surface area contributed by atoms with Crippen molar-refractivity contribution in [1.82, 2.24) is 5.48 Å². The standard InChI is InChI=1S/C12H20N2O/c1-5-15-13-10(2)11-6-8-12(9-7-11)14(3)4/h6-10,13H,5H2,1-4H3. The molecule has 1 N–H and O–H groups in total. The Hall–Kier alpha value is -1.06. The van der Waals surface area contributed by atoms with E-state index in [1.54, 1.807) is 0 Å². The maximum Gasteiger partial charge on any atom is 0.0654 e. The smallest absolute Gasteiger partial charge is 0.0654 e. The third-order valence-electron chi connectivity index (χ3n) is 2.31. The molecule has 0 amide bonds. The number of hydroxylamine groups is 1. The number of benzene rings is 1. The quantitative estimate of drug-likeness (QED) is 0.752. The predicted octanol–water partition coefficient (Wildman–Crippen LogP) is 2.35. The molecule has 1 aromatic rings. The summed E-state index contributed by atoms with van der Waals surface area (Å²) < 4.78 is 0. The summed E-state index contributed by atoms with van der Waals surface area (Å²) in [6.45, 7) is 4.73. The van der Waals surface area contributed by atoms with Gasteiger partial charge in [0.15, 0.2) is 0 Å². The summed E-state index contributed by atoms with van der Waals surface area (Å²) >= 11 is 0. The molecule has 0 saturated carbocycles. The van der Waals surface area contributed by atoms with Gasteiger partial charge in [0.1, 0.15) is 0 Å². The van der Waals surface area contributed by atoms with Crippen LogP contribution in [0.25, 0.3) is 0 Å². The van der Waals surface area contributed by atoms with Gasteiger partial charge in [-0.1, -0.05) is 12.1 Å². The van der Waals surface area contributed by atoms with Crippen LogP contribution in [0.2, 0.25) is 0 Å². The molecule has 0 saturated heterocycles. The molecule has 0 radical (unpaired) electrons. The van der Waals surface area contributed by atoms with Crippen molar-refractivity contribution in [2.24, 2.45) is 0 Å². The third kappa shape index (κ3) is 3.53. The zero-order chi connectivity index (χ0) is 11.3. The zero-order valence-electron chi connectivity index (χ0n) is 9.95. The van der Waals surface area contributed by atoms with Crippen LogP contribution in [-0.2, 0) is 4.84 Å². The molecule has 0 spiro atoms. The van der Waals surface area contributed by atoms with Gasteiger partial charge in [0, 0.05) is 19.8 Å². The van der Waals surface area contributed by atoms with E-state index < -0.39 is 0 Å². The number of hydrogen-bond donors (Lipinski definition) is 1. The molecule has 1 atom stereocenters. The molecule has 0 bridgehead atoms. The van der Waals surface area contributed by atoms with Crippen LogP contribution in [0.5, 0.6) is 0 Å². The Kier molecular flexibility index (Phi) is 4.59. The van der Waals surface area contributed by atoms with E-state index in [9.17, 15) is 0 Å². The molecule has 0 heterocycles. The fourth-order valence-electron chi connectivity index (χ4n) is 1.34. The minimum Gasteiger partial charge on any atom is -0.378 e. The first-order valence-electron chi connectivity index (χ1n) is 5.29. The highest BCUT2D eigenvalue weighted by Crippen LogP contribution is 2.17. The van der Waals surface area contributed by atoms with Crippen LogP contribution in [0.1, 0.15) is 25.5 Å². The van der Waals surface area contributed by atoms with Gasteiger partial charge in [-0.05, 0) is 31.5 Å². The number of nitrogens with one attached hydrogen (secondary N) is 1. The topological polar surface area (TPSA) is 24.5 Å². The fourth-order valence-corrected chi connectivity index (χ4v) is 1.34. The molecule has 15 heavy (non-hydrogen) atoms. The molecule has 84 valence electrons. The van der Waals surface area contributed by atoms with Crippen LogP contribution >= 0.6 is 0 Å². The normalized spacial score (nSPS) is 12.5. The zero-order valence-corrected chi connectivity index (χ0v) is 9.95. The second kappa shape index (κ2) is 5.73. The Morgan fingerprint density at radius 2 is 1.87 bits per heavy atom. The van der Waals surface area contributed by atoms with Crippen molar-refractivity contribution in [3.05, 3.63) is 29.8 Å². The third-order valence-corrected chi connectivity index (χ3v) is 2.31. The van der Waals surface area contributed by atoms with Crippen LogP contribution in [0, 0.1) is 0 Å². The molecule has 0 fully saturated rings. The molecule has 0 aliphatic rings. The minimum atomic E-state index is 0.223. The molecule has 0 aliphatic heterocycles. The molecule has 0 aromatic heterocycles. The summed E-state index contributed by atoms with van der Waals surface area (Å²) in [5.41, 5.74) is 5.42. The molecule has 1 rings (SSSR count). The van der Waals surface area contributed by atoms with Gasteiger partial charge in [0.2, 0.25) is 0 Å². The first-order valence-corrected chi connectivity index (χ1v) is 5.29. The second-order valence-corrected chi connectivity index (χ2v) is 3.76. The molecule has 1 aromatic carbocycles. The van der Waals surface area contributed by atoms with E-state index in [4.69, 9.17) is 4.84 Å². The monoisotopic (exact) mass is 208 g/mol. The lowest BCUT2D eigenvalue weighted by atomic mass is 10.1. The predicted molar refractivity (Wildman–Crippen MR) is 63.9 cm³/mol. The molecule has 3 nitrogen and oxygen atoms in total. The van der Waals surface area contributed by atoms with Gasteiger partial charge in [-0.25, -0.2) is 0 Å². The Balaban J connectivity index is 2.62. The van der Waals surface area contributed by atoms with E-state index in [-0.39, 0.29) is 6.04 Å². The van der Waals surface area contributed by atoms with E-state index in [0.717, 1.165) is 0 Å². The summed E-state index contributed by atoms with van der Waals surface area (Å²) in [6, 6.07) is 8.68. The van der Waals surface area contributed by atoms with Crippen molar-refractivity contribution in [2.45, 2.75) is 19.9 Å². The van der Waals surface area contributed by atoms with Crippen LogP contribution in [0.15, 0.2) is 24.3 Å². The Bertz CT molecular complexity index is 282. The second-order valence-electron chi connectivity index (χ2n) is 3.76. The van der Waals surface area contributed by atoms with Crippen molar-refractivity contribution in [2.75, 3.05) is 25.6 Å². The maximum atomic E-state index is 5.17. The van der Waals surface area contributed by atoms with Gasteiger partial charge in [0.25, 0.3) is 0 Å². The first-order chi connectivity index (χ1) is 7.15. The lowest BCUT2D eigenvalue weighted by molar-refractivity contribution is 0.0285. The summed E-state index contributed by atoms with van der Waals surface area (Å²) in [6.07, 6.45) is 0. The van der Waals surface area contributed by atoms with Crippen molar-refractivity contribution in [1.29, 1.82) is 0 Å². The van der Waals surface area contributed by atoms with E-state index in [1.807, 2.05) is 21.0 Å². The summed E-state index contributed by atoms with van der Waals surface area (Å²) in [7, 11) is 4.08. The number of hydrogen-bond acceptors (Lipinski definition) is 3. The van der Waals surface area contributed by atoms with E-state index in [0.29, 0.717) is 6.61 Å². The minimum absolute atomic E-state index is 0.223. The fraction of sp³-hybridized carbons (Fsp3) is 0.500. The number of anilines is 1. The van der Waals surface area contributed by atoms with Crippen molar-refractivity contribution in [3.63, 3.8) is 0 Å². The lowest BCUT2D eigenvalue weighted by Gasteiger charge is -2.16. The van der Waals surface area contributed by atoms with Gasteiger partial charge in [0.05, 0.1) is 12.6 Å². The molecule has 3 heteroatoms. The highest BCUT2D eigenvalue weighted by molar-refractivity contribution is 5.46. The van der Waals surface area contributed by atoms with Crippen molar-refractivity contribution in [3.8, 4) is 0 Å². The Morgan fingerprint density at radius 1 is 1.27 bits per heavy atom. The highest BCUT2D eigenvalue weighted by Gasteiger charge is 2.04. The van der Waals surface area contributed by atoms with Crippen molar-refractivity contribution >= 4 is 5.69 Å². The van der Waals surface area contributed by atoms with Gasteiger partial charge in [-0.2, -0.15) is 5.48 Å². The Morgan fingerprint density at radius 3 is 2.33 bits per heavy atom. The van der Waals surface area contributed by atoms with Crippen LogP contribution < -0.4 is 10.4 Å². The van der Waals surface area contributed by atoms with Crippen molar-refractivity contribution < 1.29 is 4.84 Å².